The highest BCUT2D eigenvalue weighted by Crippen LogP contribution is 2.27. The summed E-state index contributed by atoms with van der Waals surface area (Å²) in [7, 11) is 1.49. The van der Waals surface area contributed by atoms with Crippen LogP contribution < -0.4 is 15.0 Å². The van der Waals surface area contributed by atoms with E-state index in [0.717, 1.165) is 0 Å². The molecule has 0 aliphatic carbocycles. The maximum atomic E-state index is 13.1. The Bertz CT molecular complexity index is 718. The average molecular weight is 316 g/mol. The minimum absolute atomic E-state index is 0.202. The monoisotopic (exact) mass is 316 g/mol. The Morgan fingerprint density at radius 1 is 1.17 bits per heavy atom. The van der Waals surface area contributed by atoms with E-state index in [1.807, 2.05) is 0 Å². The van der Waals surface area contributed by atoms with Gasteiger partial charge in [0.05, 0.1) is 12.8 Å². The molecule has 0 radical (unpaired) electrons. The van der Waals surface area contributed by atoms with Crippen molar-refractivity contribution < 1.29 is 18.7 Å². The van der Waals surface area contributed by atoms with E-state index < -0.39 is 11.7 Å². The molecule has 0 heterocycles. The summed E-state index contributed by atoms with van der Waals surface area (Å²) < 4.78 is 18.4. The number of rotatable bonds is 5. The topological polar surface area (TPSA) is 58.6 Å². The molecule has 0 aromatic heterocycles. The van der Waals surface area contributed by atoms with Gasteiger partial charge in [0.25, 0.3) is 0 Å². The highest BCUT2D eigenvalue weighted by molar-refractivity contribution is 6.02. The number of anilines is 2. The molecule has 0 saturated heterocycles. The van der Waals surface area contributed by atoms with Gasteiger partial charge in [-0.2, -0.15) is 0 Å². The summed E-state index contributed by atoms with van der Waals surface area (Å²) >= 11 is 0. The lowest BCUT2D eigenvalue weighted by Gasteiger charge is -2.22. The van der Waals surface area contributed by atoms with Gasteiger partial charge in [0.1, 0.15) is 18.1 Å². The highest BCUT2D eigenvalue weighted by atomic mass is 19.1. The third-order valence-electron chi connectivity index (χ3n) is 3.17. The van der Waals surface area contributed by atoms with E-state index in [0.29, 0.717) is 17.1 Å². The molecule has 120 valence electrons. The van der Waals surface area contributed by atoms with E-state index in [-0.39, 0.29) is 12.5 Å². The number of ether oxygens (including phenoxy) is 1. The molecule has 0 unspecified atom stereocenters. The Morgan fingerprint density at radius 3 is 2.57 bits per heavy atom. The van der Waals surface area contributed by atoms with Crippen molar-refractivity contribution in [3.63, 3.8) is 0 Å². The first kappa shape index (κ1) is 16.5. The maximum Gasteiger partial charge on any atom is 0.244 e. The van der Waals surface area contributed by atoms with Gasteiger partial charge in [0.2, 0.25) is 11.8 Å². The average Bonchev–Trinajstić information content (AvgIpc) is 2.52. The number of nitrogens with zero attached hydrogens (tertiary/aromatic N) is 1. The van der Waals surface area contributed by atoms with E-state index in [1.165, 1.54) is 37.1 Å². The van der Waals surface area contributed by atoms with Crippen molar-refractivity contribution in [2.75, 3.05) is 23.9 Å². The van der Waals surface area contributed by atoms with Crippen LogP contribution in [0.2, 0.25) is 0 Å². The molecule has 0 bridgehead atoms. The molecule has 23 heavy (non-hydrogen) atoms. The Kier molecular flexibility index (Phi) is 5.30. The fraction of sp³-hybridized carbons (Fsp3) is 0.176. The minimum Gasteiger partial charge on any atom is -0.495 e. The van der Waals surface area contributed by atoms with Crippen LogP contribution in [0.4, 0.5) is 15.8 Å². The van der Waals surface area contributed by atoms with Crippen LogP contribution in [0.1, 0.15) is 6.92 Å². The second-order valence-electron chi connectivity index (χ2n) is 4.84. The van der Waals surface area contributed by atoms with Gasteiger partial charge < -0.3 is 10.1 Å². The van der Waals surface area contributed by atoms with Gasteiger partial charge in [-0.1, -0.05) is 18.2 Å². The maximum absolute atomic E-state index is 13.1. The van der Waals surface area contributed by atoms with E-state index in [2.05, 4.69) is 5.32 Å². The number of amides is 2. The number of hydrogen-bond donors (Lipinski definition) is 1. The van der Waals surface area contributed by atoms with Crippen LogP contribution in [0.3, 0.4) is 0 Å². The zero-order chi connectivity index (χ0) is 16.8. The molecule has 0 aliphatic rings. The number of benzene rings is 2. The van der Waals surface area contributed by atoms with Crippen LogP contribution in [0.25, 0.3) is 0 Å². The number of nitrogens with one attached hydrogen (secondary N) is 1. The Hall–Kier alpha value is -2.89. The van der Waals surface area contributed by atoms with E-state index >= 15 is 0 Å². The summed E-state index contributed by atoms with van der Waals surface area (Å²) in [6.07, 6.45) is 0. The second kappa shape index (κ2) is 7.40. The summed E-state index contributed by atoms with van der Waals surface area (Å²) in [5, 5.41) is 2.56. The molecular weight excluding hydrogens is 299 g/mol. The van der Waals surface area contributed by atoms with Gasteiger partial charge in [0.15, 0.2) is 0 Å². The molecule has 2 rings (SSSR count). The SMILES string of the molecule is COc1ccccc1N(CC(=O)Nc1cccc(F)c1)C(C)=O. The van der Waals surface area contributed by atoms with E-state index in [1.54, 1.807) is 30.3 Å². The summed E-state index contributed by atoms with van der Waals surface area (Å²) in [6, 6.07) is 12.5. The van der Waals surface area contributed by atoms with Crippen LogP contribution in [-0.4, -0.2) is 25.5 Å². The van der Waals surface area contributed by atoms with Crippen LogP contribution in [0.15, 0.2) is 48.5 Å². The van der Waals surface area contributed by atoms with Crippen LogP contribution in [-0.2, 0) is 9.59 Å². The first-order chi connectivity index (χ1) is 11.0. The van der Waals surface area contributed by atoms with Gasteiger partial charge in [0, 0.05) is 12.6 Å². The van der Waals surface area contributed by atoms with Crippen LogP contribution in [0.5, 0.6) is 5.75 Å². The molecule has 1 N–H and O–H groups in total. The van der Waals surface area contributed by atoms with Crippen molar-refractivity contribution in [2.45, 2.75) is 6.92 Å². The predicted octanol–water partition coefficient (Wildman–Crippen LogP) is 2.83. The molecule has 2 amide bonds. The fourth-order valence-corrected chi connectivity index (χ4v) is 2.13. The largest absolute Gasteiger partial charge is 0.495 e. The molecule has 6 heteroatoms. The molecule has 0 spiro atoms. The smallest absolute Gasteiger partial charge is 0.244 e. The first-order valence-electron chi connectivity index (χ1n) is 6.98. The van der Waals surface area contributed by atoms with Gasteiger partial charge >= 0.3 is 0 Å². The van der Waals surface area contributed by atoms with Crippen molar-refractivity contribution in [1.29, 1.82) is 0 Å². The Balaban J connectivity index is 2.16. The number of hydrogen-bond acceptors (Lipinski definition) is 3. The van der Waals surface area contributed by atoms with Crippen molar-refractivity contribution in [1.82, 2.24) is 0 Å². The molecule has 0 aliphatic heterocycles. The third kappa shape index (κ3) is 4.29. The van der Waals surface area contributed by atoms with Crippen molar-refractivity contribution in [3.05, 3.63) is 54.3 Å². The fourth-order valence-electron chi connectivity index (χ4n) is 2.13. The molecule has 5 nitrogen and oxygen atoms in total. The highest BCUT2D eigenvalue weighted by Gasteiger charge is 2.19. The molecular formula is C17H17FN2O3. The van der Waals surface area contributed by atoms with Crippen molar-refractivity contribution >= 4 is 23.2 Å². The lowest BCUT2D eigenvalue weighted by Crippen LogP contribution is -2.36. The Labute approximate surface area is 133 Å². The summed E-state index contributed by atoms with van der Waals surface area (Å²) in [5.41, 5.74) is 0.829. The van der Waals surface area contributed by atoms with Crippen molar-refractivity contribution in [2.24, 2.45) is 0 Å². The minimum atomic E-state index is -0.448. The van der Waals surface area contributed by atoms with Gasteiger partial charge in [-0.3, -0.25) is 14.5 Å². The predicted molar refractivity (Wildman–Crippen MR) is 86.1 cm³/mol. The van der Waals surface area contributed by atoms with Crippen LogP contribution in [0, 0.1) is 5.82 Å². The number of para-hydroxylation sites is 2. The Morgan fingerprint density at radius 2 is 1.91 bits per heavy atom. The lowest BCUT2D eigenvalue weighted by molar-refractivity contribution is -0.120. The quantitative estimate of drug-likeness (QED) is 0.923. The normalized spacial score (nSPS) is 10.0. The zero-order valence-electron chi connectivity index (χ0n) is 12.9. The molecule has 0 atom stereocenters. The van der Waals surface area contributed by atoms with Crippen molar-refractivity contribution in [3.8, 4) is 5.75 Å². The van der Waals surface area contributed by atoms with Crippen LogP contribution >= 0.6 is 0 Å². The van der Waals surface area contributed by atoms with Gasteiger partial charge in [-0.05, 0) is 30.3 Å². The van der Waals surface area contributed by atoms with Gasteiger partial charge in [-0.15, -0.1) is 0 Å². The second-order valence-corrected chi connectivity index (χ2v) is 4.84. The lowest BCUT2D eigenvalue weighted by atomic mass is 10.2. The summed E-state index contributed by atoms with van der Waals surface area (Å²) in [6.45, 7) is 1.16. The molecule has 2 aromatic rings. The van der Waals surface area contributed by atoms with E-state index in [9.17, 15) is 14.0 Å². The number of carbonyl (C=O) groups excluding carboxylic acids is 2. The third-order valence-corrected chi connectivity index (χ3v) is 3.17. The standard InChI is InChI=1S/C17H17FN2O3/c1-12(21)20(15-8-3-4-9-16(15)23-2)11-17(22)19-14-7-5-6-13(18)10-14/h3-10H,11H2,1-2H3,(H,19,22). The molecule has 0 fully saturated rings. The van der Waals surface area contributed by atoms with E-state index in [4.69, 9.17) is 4.74 Å². The summed E-state index contributed by atoms with van der Waals surface area (Å²) in [5.74, 6) is -0.696. The summed E-state index contributed by atoms with van der Waals surface area (Å²) in [4.78, 5) is 25.3. The molecule has 2 aromatic carbocycles. The number of methoxy groups -OCH3 is 1. The number of carbonyl (C=O) groups is 2. The molecule has 0 saturated carbocycles. The zero-order valence-corrected chi connectivity index (χ0v) is 12.9. The first-order valence-corrected chi connectivity index (χ1v) is 6.98. The number of halogens is 1. The van der Waals surface area contributed by atoms with Gasteiger partial charge in [-0.25, -0.2) is 4.39 Å².